The minimum atomic E-state index is 0.703. The first-order chi connectivity index (χ1) is 16.4. The van der Waals surface area contributed by atoms with Crippen LogP contribution in [-0.4, -0.2) is 143 Å². The van der Waals surface area contributed by atoms with Gasteiger partial charge in [0.05, 0.1) is 0 Å². The zero-order valence-electron chi connectivity index (χ0n) is 22.8. The summed E-state index contributed by atoms with van der Waals surface area (Å²) < 4.78 is 0. The van der Waals surface area contributed by atoms with Gasteiger partial charge in [-0.1, -0.05) is 13.3 Å². The summed E-state index contributed by atoms with van der Waals surface area (Å²) in [6.45, 7) is 20.2. The normalized spacial score (nSPS) is 43.4. The summed E-state index contributed by atoms with van der Waals surface area (Å²) in [6.07, 6.45) is 8.49. The molecule has 0 aliphatic carbocycles. The Kier molecular flexibility index (Phi) is 6.79. The number of piperazine rings is 3. The van der Waals surface area contributed by atoms with Crippen LogP contribution in [0, 0.1) is 0 Å². The molecule has 7 aliphatic heterocycles. The molecule has 8 unspecified atom stereocenters. The maximum atomic E-state index is 3.02. The van der Waals surface area contributed by atoms with Crippen molar-refractivity contribution in [1.29, 1.82) is 0 Å². The van der Waals surface area contributed by atoms with Crippen LogP contribution < -0.4 is 0 Å². The quantitative estimate of drug-likeness (QED) is 0.562. The zero-order valence-corrected chi connectivity index (χ0v) is 22.8. The molecule has 7 heterocycles. The topological polar surface area (TPSA) is 19.4 Å². The molecule has 0 radical (unpaired) electrons. The SMILES string of the molecule is CCN1CC2CCCCN2C(CC(C)N2CC3CC2CN3C)C1CN1CC2CC(C1)N2C(C)C. The van der Waals surface area contributed by atoms with Gasteiger partial charge in [0, 0.05) is 93.6 Å². The van der Waals surface area contributed by atoms with Crippen molar-refractivity contribution in [2.24, 2.45) is 0 Å². The molecule has 0 spiro atoms. The van der Waals surface area contributed by atoms with Crippen molar-refractivity contribution < 1.29 is 0 Å². The summed E-state index contributed by atoms with van der Waals surface area (Å²) >= 11 is 0. The molecule has 6 heteroatoms. The van der Waals surface area contributed by atoms with Crippen LogP contribution in [0.15, 0.2) is 0 Å². The number of rotatable bonds is 7. The summed E-state index contributed by atoms with van der Waals surface area (Å²) in [5.74, 6) is 0. The first-order valence-corrected chi connectivity index (χ1v) is 14.9. The van der Waals surface area contributed by atoms with Gasteiger partial charge in [0.1, 0.15) is 0 Å². The van der Waals surface area contributed by atoms with Crippen molar-refractivity contribution in [3.8, 4) is 0 Å². The van der Waals surface area contributed by atoms with E-state index in [0.29, 0.717) is 18.1 Å². The van der Waals surface area contributed by atoms with Crippen LogP contribution in [0.1, 0.15) is 66.2 Å². The van der Waals surface area contributed by atoms with Gasteiger partial charge >= 0.3 is 0 Å². The molecule has 34 heavy (non-hydrogen) atoms. The van der Waals surface area contributed by atoms with Gasteiger partial charge in [-0.15, -0.1) is 0 Å². The molecule has 0 N–H and O–H groups in total. The highest BCUT2D eigenvalue weighted by molar-refractivity contribution is 5.06. The molecule has 0 aromatic rings. The van der Waals surface area contributed by atoms with Crippen LogP contribution in [0.5, 0.6) is 0 Å². The Morgan fingerprint density at radius 3 is 2.21 bits per heavy atom. The fraction of sp³-hybridized carbons (Fsp3) is 1.00. The second-order valence-electron chi connectivity index (χ2n) is 13.2. The van der Waals surface area contributed by atoms with E-state index in [-0.39, 0.29) is 0 Å². The number of fused-ring (bicyclic) bond motifs is 5. The van der Waals surface area contributed by atoms with Crippen LogP contribution in [0.25, 0.3) is 0 Å². The van der Waals surface area contributed by atoms with Crippen LogP contribution >= 0.6 is 0 Å². The lowest BCUT2D eigenvalue weighted by Crippen LogP contribution is -2.73. The molecule has 7 rings (SSSR count). The Labute approximate surface area is 209 Å². The van der Waals surface area contributed by atoms with Crippen molar-refractivity contribution in [2.75, 3.05) is 59.4 Å². The lowest BCUT2D eigenvalue weighted by molar-refractivity contribution is -0.108. The van der Waals surface area contributed by atoms with Gasteiger partial charge < -0.3 is 4.90 Å². The molecule has 0 aromatic heterocycles. The van der Waals surface area contributed by atoms with E-state index in [1.54, 1.807) is 0 Å². The number of likely N-dealkylation sites (N-methyl/N-ethyl adjacent to an activating group) is 2. The van der Waals surface area contributed by atoms with Gasteiger partial charge in [-0.2, -0.15) is 0 Å². The smallest absolute Gasteiger partial charge is 0.0380 e. The highest BCUT2D eigenvalue weighted by atomic mass is 15.4. The standard InChI is InChI=1S/C28H52N6/c1-6-31-17-22-9-7-8-10-32(22)27(11-21(4)33-18-23-12-24(33)14-29(23)5)28(31)19-30-15-25-13-26(16-30)34(25)20(2)3/h20-28H,6-19H2,1-5H3. The van der Waals surface area contributed by atoms with Gasteiger partial charge in [0.25, 0.3) is 0 Å². The van der Waals surface area contributed by atoms with E-state index in [1.807, 2.05) is 0 Å². The lowest BCUT2D eigenvalue weighted by atomic mass is 9.84. The molecule has 0 amide bonds. The van der Waals surface area contributed by atoms with E-state index < -0.39 is 0 Å². The predicted octanol–water partition coefficient (Wildman–Crippen LogP) is 2.25. The number of nitrogens with zero attached hydrogens (tertiary/aromatic N) is 6. The largest absolute Gasteiger partial charge is 0.301 e. The van der Waals surface area contributed by atoms with Gasteiger partial charge in [-0.25, -0.2) is 0 Å². The summed E-state index contributed by atoms with van der Waals surface area (Å²) in [5, 5.41) is 0. The van der Waals surface area contributed by atoms with E-state index in [4.69, 9.17) is 0 Å². The third-order valence-electron chi connectivity index (χ3n) is 10.9. The molecule has 0 aromatic carbocycles. The average molecular weight is 473 g/mol. The summed E-state index contributed by atoms with van der Waals surface area (Å²) in [7, 11) is 2.34. The molecule has 7 aliphatic rings. The van der Waals surface area contributed by atoms with Crippen molar-refractivity contribution in [3.05, 3.63) is 0 Å². The Balaban J connectivity index is 1.18. The molecule has 4 bridgehead atoms. The van der Waals surface area contributed by atoms with E-state index in [2.05, 4.69) is 64.1 Å². The van der Waals surface area contributed by atoms with E-state index >= 15 is 0 Å². The summed E-state index contributed by atoms with van der Waals surface area (Å²) in [4.78, 5) is 17.1. The second kappa shape index (κ2) is 9.57. The minimum Gasteiger partial charge on any atom is -0.301 e. The maximum absolute atomic E-state index is 3.02. The fourth-order valence-corrected chi connectivity index (χ4v) is 9.32. The van der Waals surface area contributed by atoms with Gasteiger partial charge in [-0.05, 0) is 73.0 Å². The first kappa shape index (κ1) is 24.1. The van der Waals surface area contributed by atoms with E-state index in [1.165, 1.54) is 90.9 Å². The van der Waals surface area contributed by atoms with Gasteiger partial charge in [0.15, 0.2) is 0 Å². The Morgan fingerprint density at radius 1 is 0.794 bits per heavy atom. The molecule has 194 valence electrons. The monoisotopic (exact) mass is 472 g/mol. The van der Waals surface area contributed by atoms with Crippen molar-refractivity contribution in [1.82, 2.24) is 29.4 Å². The Morgan fingerprint density at radius 2 is 1.56 bits per heavy atom. The maximum Gasteiger partial charge on any atom is 0.0380 e. The van der Waals surface area contributed by atoms with Gasteiger partial charge in [-0.3, -0.25) is 24.5 Å². The second-order valence-corrected chi connectivity index (χ2v) is 13.2. The minimum absolute atomic E-state index is 0.703. The Hall–Kier alpha value is -0.240. The van der Waals surface area contributed by atoms with Crippen LogP contribution in [0.2, 0.25) is 0 Å². The molecule has 0 saturated carbocycles. The summed E-state index contributed by atoms with van der Waals surface area (Å²) in [5.41, 5.74) is 0. The van der Waals surface area contributed by atoms with Crippen LogP contribution in [0.3, 0.4) is 0 Å². The fourth-order valence-electron chi connectivity index (χ4n) is 9.32. The molecule has 8 atom stereocenters. The van der Waals surface area contributed by atoms with Crippen LogP contribution in [-0.2, 0) is 0 Å². The zero-order chi connectivity index (χ0) is 23.6. The number of likely N-dealkylation sites (tertiary alicyclic amines) is 2. The third-order valence-corrected chi connectivity index (χ3v) is 10.9. The lowest BCUT2D eigenvalue weighted by Gasteiger charge is -2.60. The molecule has 6 nitrogen and oxygen atoms in total. The van der Waals surface area contributed by atoms with E-state index in [9.17, 15) is 0 Å². The van der Waals surface area contributed by atoms with Gasteiger partial charge in [0.2, 0.25) is 0 Å². The average Bonchev–Trinajstić information content (AvgIpc) is 3.39. The van der Waals surface area contributed by atoms with Crippen molar-refractivity contribution >= 4 is 0 Å². The number of hydrogen-bond donors (Lipinski definition) is 0. The van der Waals surface area contributed by atoms with Crippen molar-refractivity contribution in [3.63, 3.8) is 0 Å². The first-order valence-electron chi connectivity index (χ1n) is 14.9. The Bertz CT molecular complexity index is 701. The molecule has 7 saturated heterocycles. The molecule has 7 fully saturated rings. The highest BCUT2D eigenvalue weighted by Gasteiger charge is 2.49. The van der Waals surface area contributed by atoms with Crippen molar-refractivity contribution in [2.45, 2.75) is 121 Å². The molecular formula is C28H52N6. The third kappa shape index (κ3) is 4.18. The van der Waals surface area contributed by atoms with E-state index in [0.717, 1.165) is 36.3 Å². The summed E-state index contributed by atoms with van der Waals surface area (Å²) in [6, 6.07) is 6.90. The predicted molar refractivity (Wildman–Crippen MR) is 140 cm³/mol. The number of hydrogen-bond acceptors (Lipinski definition) is 6. The number of piperidine rings is 2. The van der Waals surface area contributed by atoms with Crippen LogP contribution in [0.4, 0.5) is 0 Å². The molecular weight excluding hydrogens is 420 g/mol. The highest BCUT2D eigenvalue weighted by Crippen LogP contribution is 2.38.